The smallest absolute Gasteiger partial charge is 0.408 e. The Kier molecular flexibility index (Phi) is 6.36. The average molecular weight is 408 g/mol. The maximum absolute atomic E-state index is 11.8. The third kappa shape index (κ3) is 6.16. The number of nitrogens with zero attached hydrogens (tertiary/aromatic N) is 3. The van der Waals surface area contributed by atoms with Crippen molar-refractivity contribution in [3.63, 3.8) is 0 Å². The lowest BCUT2D eigenvalue weighted by Crippen LogP contribution is -2.46. The molecule has 1 amide bonds. The quantitative estimate of drug-likeness (QED) is 0.512. The fourth-order valence-electron chi connectivity index (χ4n) is 2.13. The number of carbonyl (C=O) groups is 2. The Hall–Kier alpha value is -3.70. The number of carboxylic acid groups (broad SMARTS) is 1. The summed E-state index contributed by atoms with van der Waals surface area (Å²) in [7, 11) is 0. The van der Waals surface area contributed by atoms with Crippen molar-refractivity contribution in [2.75, 3.05) is 6.61 Å². The lowest BCUT2D eigenvalue weighted by molar-refractivity contribution is -0.385. The largest absolute Gasteiger partial charge is 0.484 e. The van der Waals surface area contributed by atoms with Crippen LogP contribution < -0.4 is 10.1 Å². The number of aryl methyl sites for hydroxylation is 1. The maximum Gasteiger partial charge on any atom is 0.408 e. The second kappa shape index (κ2) is 8.54. The van der Waals surface area contributed by atoms with Gasteiger partial charge in [0.05, 0.1) is 4.92 Å². The molecule has 0 radical (unpaired) electrons. The molecular weight excluding hydrogens is 388 g/mol. The standard InChI is InChI=1S/C17H20N4O8/c1-9-18-14(29-20-9)10-5-6-13(12(7-10)21(25)26)27-8-11(15(22)23)19-16(24)28-17(2,3)4/h5-7,11H,8H2,1-4H3,(H,19,24)(H,22,23)/t11-/m0/s1. The second-order valence-electron chi connectivity index (χ2n) is 6.93. The molecule has 0 unspecified atom stereocenters. The van der Waals surface area contributed by atoms with Gasteiger partial charge in [-0.05, 0) is 39.8 Å². The van der Waals surface area contributed by atoms with Crippen LogP contribution in [-0.2, 0) is 9.53 Å². The van der Waals surface area contributed by atoms with Gasteiger partial charge in [-0.2, -0.15) is 4.98 Å². The van der Waals surface area contributed by atoms with Crippen LogP contribution in [0.2, 0.25) is 0 Å². The van der Waals surface area contributed by atoms with E-state index in [1.165, 1.54) is 18.2 Å². The highest BCUT2D eigenvalue weighted by atomic mass is 16.6. The minimum atomic E-state index is -1.48. The summed E-state index contributed by atoms with van der Waals surface area (Å²) >= 11 is 0. The van der Waals surface area contributed by atoms with Crippen LogP contribution in [0.5, 0.6) is 5.75 Å². The van der Waals surface area contributed by atoms with Crippen LogP contribution in [0.4, 0.5) is 10.5 Å². The summed E-state index contributed by atoms with van der Waals surface area (Å²) in [6, 6.07) is 2.41. The number of carboxylic acids is 1. The van der Waals surface area contributed by atoms with Gasteiger partial charge in [-0.1, -0.05) is 5.16 Å². The average Bonchev–Trinajstić information content (AvgIpc) is 3.03. The van der Waals surface area contributed by atoms with Crippen LogP contribution in [-0.4, -0.2) is 50.5 Å². The highest BCUT2D eigenvalue weighted by molar-refractivity contribution is 5.80. The summed E-state index contributed by atoms with van der Waals surface area (Å²) in [5, 5.41) is 26.4. The molecule has 0 saturated carbocycles. The van der Waals surface area contributed by atoms with Gasteiger partial charge in [0, 0.05) is 11.6 Å². The van der Waals surface area contributed by atoms with Crippen LogP contribution in [0.25, 0.3) is 11.5 Å². The molecule has 29 heavy (non-hydrogen) atoms. The number of nitro groups is 1. The van der Waals surface area contributed by atoms with E-state index in [4.69, 9.17) is 14.0 Å². The predicted octanol–water partition coefficient (Wildman–Crippen LogP) is 2.31. The monoisotopic (exact) mass is 408 g/mol. The maximum atomic E-state index is 11.8. The van der Waals surface area contributed by atoms with Crippen LogP contribution >= 0.6 is 0 Å². The lowest BCUT2D eigenvalue weighted by Gasteiger charge is -2.22. The van der Waals surface area contributed by atoms with Gasteiger partial charge in [-0.25, -0.2) is 9.59 Å². The molecule has 0 bridgehead atoms. The van der Waals surface area contributed by atoms with Crippen LogP contribution in [0.15, 0.2) is 22.7 Å². The number of benzene rings is 1. The van der Waals surface area contributed by atoms with E-state index in [1.54, 1.807) is 27.7 Å². The van der Waals surface area contributed by atoms with E-state index in [9.17, 15) is 24.8 Å². The Morgan fingerprint density at radius 3 is 2.59 bits per heavy atom. The molecule has 0 aliphatic carbocycles. The number of ether oxygens (including phenoxy) is 2. The molecule has 0 spiro atoms. The van der Waals surface area contributed by atoms with Gasteiger partial charge in [-0.15, -0.1) is 0 Å². The Balaban J connectivity index is 2.15. The van der Waals surface area contributed by atoms with Crippen molar-refractivity contribution in [1.29, 1.82) is 0 Å². The molecule has 1 heterocycles. The number of alkyl carbamates (subject to hydrolysis) is 1. The number of rotatable bonds is 7. The Morgan fingerprint density at radius 2 is 2.07 bits per heavy atom. The first-order valence-electron chi connectivity index (χ1n) is 8.40. The van der Waals surface area contributed by atoms with E-state index in [0.29, 0.717) is 11.4 Å². The van der Waals surface area contributed by atoms with Gasteiger partial charge in [0.2, 0.25) is 0 Å². The zero-order valence-electron chi connectivity index (χ0n) is 16.2. The first kappa shape index (κ1) is 21.6. The molecule has 0 aliphatic rings. The zero-order chi connectivity index (χ0) is 21.8. The molecule has 2 N–H and O–H groups in total. The Labute approximate surface area is 165 Å². The Morgan fingerprint density at radius 1 is 1.38 bits per heavy atom. The van der Waals surface area contributed by atoms with Crippen LogP contribution in [0.1, 0.15) is 26.6 Å². The number of carbonyl (C=O) groups excluding carboxylic acids is 1. The number of hydrogen-bond acceptors (Lipinski definition) is 9. The topological polar surface area (TPSA) is 167 Å². The van der Waals surface area contributed by atoms with Crippen molar-refractivity contribution in [3.05, 3.63) is 34.1 Å². The molecule has 0 fully saturated rings. The van der Waals surface area contributed by atoms with Crippen molar-refractivity contribution < 1.29 is 33.6 Å². The van der Waals surface area contributed by atoms with Gasteiger partial charge in [0.15, 0.2) is 17.6 Å². The van der Waals surface area contributed by atoms with Crippen molar-refractivity contribution in [2.45, 2.75) is 39.3 Å². The highest BCUT2D eigenvalue weighted by Crippen LogP contribution is 2.32. The predicted molar refractivity (Wildman–Crippen MR) is 97.4 cm³/mol. The third-order valence-corrected chi connectivity index (χ3v) is 3.32. The fraction of sp³-hybridized carbons (Fsp3) is 0.412. The molecule has 2 rings (SSSR count). The molecule has 0 aliphatic heterocycles. The second-order valence-corrected chi connectivity index (χ2v) is 6.93. The van der Waals surface area contributed by atoms with Gasteiger partial charge < -0.3 is 24.4 Å². The Bertz CT molecular complexity index is 918. The summed E-state index contributed by atoms with van der Waals surface area (Å²) in [6.07, 6.45) is -0.954. The van der Waals surface area contributed by atoms with Gasteiger partial charge in [-0.3, -0.25) is 10.1 Å². The SMILES string of the molecule is Cc1noc(-c2ccc(OC[C@H](NC(=O)OC(C)(C)C)C(=O)O)c([N+](=O)[O-])c2)n1. The molecule has 2 aromatic rings. The summed E-state index contributed by atoms with van der Waals surface area (Å²) in [4.78, 5) is 37.8. The molecule has 12 nitrogen and oxygen atoms in total. The van der Waals surface area contributed by atoms with Crippen molar-refractivity contribution in [2.24, 2.45) is 0 Å². The minimum Gasteiger partial charge on any atom is -0.484 e. The molecule has 156 valence electrons. The van der Waals surface area contributed by atoms with Gasteiger partial charge in [0.1, 0.15) is 12.2 Å². The number of aromatic nitrogens is 2. The molecule has 1 aromatic heterocycles. The van der Waals surface area contributed by atoms with Gasteiger partial charge >= 0.3 is 17.7 Å². The number of amides is 1. The highest BCUT2D eigenvalue weighted by Gasteiger charge is 2.26. The van der Waals surface area contributed by atoms with Crippen molar-refractivity contribution in [3.8, 4) is 17.2 Å². The lowest BCUT2D eigenvalue weighted by atomic mass is 10.2. The molecular formula is C17H20N4O8. The van der Waals surface area contributed by atoms with Gasteiger partial charge in [0.25, 0.3) is 5.89 Å². The van der Waals surface area contributed by atoms with E-state index in [0.717, 1.165) is 0 Å². The van der Waals surface area contributed by atoms with E-state index in [1.807, 2.05) is 0 Å². The third-order valence-electron chi connectivity index (χ3n) is 3.32. The molecule has 1 aromatic carbocycles. The molecule has 0 saturated heterocycles. The van der Waals surface area contributed by atoms with E-state index >= 15 is 0 Å². The van der Waals surface area contributed by atoms with E-state index < -0.39 is 40.9 Å². The summed E-state index contributed by atoms with van der Waals surface area (Å²) in [5.41, 5.74) is -0.957. The summed E-state index contributed by atoms with van der Waals surface area (Å²) < 4.78 is 15.3. The minimum absolute atomic E-state index is 0.0900. The number of nitro benzene ring substituents is 1. The normalized spacial score (nSPS) is 12.1. The molecule has 1 atom stereocenters. The van der Waals surface area contributed by atoms with Crippen molar-refractivity contribution in [1.82, 2.24) is 15.5 Å². The van der Waals surface area contributed by atoms with E-state index in [2.05, 4.69) is 15.5 Å². The number of nitrogens with one attached hydrogen (secondary N) is 1. The van der Waals surface area contributed by atoms with Crippen molar-refractivity contribution >= 4 is 17.7 Å². The van der Waals surface area contributed by atoms with Crippen LogP contribution in [0.3, 0.4) is 0 Å². The fourth-order valence-corrected chi connectivity index (χ4v) is 2.13. The van der Waals surface area contributed by atoms with E-state index in [-0.39, 0.29) is 11.6 Å². The summed E-state index contributed by atoms with van der Waals surface area (Å²) in [6.45, 7) is 5.90. The first-order valence-corrected chi connectivity index (χ1v) is 8.40. The summed E-state index contributed by atoms with van der Waals surface area (Å²) in [5.74, 6) is -1.13. The van der Waals surface area contributed by atoms with Crippen LogP contribution in [0, 0.1) is 17.0 Å². The zero-order valence-corrected chi connectivity index (χ0v) is 16.2. The number of aliphatic carboxylic acids is 1. The first-order chi connectivity index (χ1) is 13.5. The number of hydrogen-bond donors (Lipinski definition) is 2. The molecule has 12 heteroatoms.